The molecule has 42 heavy (non-hydrogen) atoms. The molecule has 0 aromatic carbocycles. The van der Waals surface area contributed by atoms with Crippen LogP contribution in [0.15, 0.2) is 0 Å². The second-order valence-corrected chi connectivity index (χ2v) is 17.1. The first-order valence-corrected chi connectivity index (χ1v) is 18.2. The minimum atomic E-state index is 0.0593. The molecule has 2 heterocycles. The zero-order valence-corrected chi connectivity index (χ0v) is 29.2. The smallest absolute Gasteiger partial charge is 0.0793 e. The van der Waals surface area contributed by atoms with E-state index >= 15 is 0 Å². The van der Waals surface area contributed by atoms with Crippen LogP contribution in [-0.4, -0.2) is 69.7 Å². The molecule has 6 heteroatoms. The maximum atomic E-state index is 6.69. The van der Waals surface area contributed by atoms with E-state index in [1.165, 1.54) is 89.9 Å². The summed E-state index contributed by atoms with van der Waals surface area (Å²) in [6.45, 7) is 21.3. The van der Waals surface area contributed by atoms with Gasteiger partial charge in [-0.3, -0.25) is 9.68 Å². The van der Waals surface area contributed by atoms with Gasteiger partial charge in [-0.25, -0.2) is 0 Å². The minimum Gasteiger partial charge on any atom is -0.314 e. The molecule has 0 spiro atoms. The molecule has 0 aromatic heterocycles. The highest BCUT2D eigenvalue weighted by Crippen LogP contribution is 2.41. The van der Waals surface area contributed by atoms with E-state index in [-0.39, 0.29) is 22.2 Å². The van der Waals surface area contributed by atoms with E-state index in [9.17, 15) is 0 Å². The average molecular weight is 591 g/mol. The lowest BCUT2D eigenvalue weighted by Gasteiger charge is -2.55. The Bertz CT molecular complexity index is 698. The molecule has 4 aliphatic rings. The van der Waals surface area contributed by atoms with Gasteiger partial charge in [0.25, 0.3) is 0 Å². The molecule has 0 unspecified atom stereocenters. The van der Waals surface area contributed by atoms with Crippen molar-refractivity contribution in [2.75, 3.05) is 13.1 Å². The highest BCUT2D eigenvalue weighted by atomic mass is 16.7. The Morgan fingerprint density at radius 3 is 1.10 bits per heavy atom. The summed E-state index contributed by atoms with van der Waals surface area (Å²) in [5.41, 5.74) is 0.237. The molecule has 0 radical (unpaired) electrons. The molecule has 4 fully saturated rings. The monoisotopic (exact) mass is 591 g/mol. The summed E-state index contributed by atoms with van der Waals surface area (Å²) in [6.07, 6.45) is 23.6. The third-order valence-corrected chi connectivity index (χ3v) is 10.8. The number of nitrogens with one attached hydrogen (secondary N) is 2. The molecule has 2 N–H and O–H groups in total. The first kappa shape index (κ1) is 34.6. The van der Waals surface area contributed by atoms with Crippen LogP contribution >= 0.6 is 0 Å². The van der Waals surface area contributed by atoms with Crippen molar-refractivity contribution in [3.63, 3.8) is 0 Å². The lowest BCUT2D eigenvalue weighted by atomic mass is 9.78. The van der Waals surface area contributed by atoms with Crippen molar-refractivity contribution >= 4 is 0 Å². The quantitative estimate of drug-likeness (QED) is 0.211. The molecule has 246 valence electrons. The van der Waals surface area contributed by atoms with Gasteiger partial charge in [0.2, 0.25) is 0 Å². The molecule has 2 saturated heterocycles. The Balaban J connectivity index is 1.10. The van der Waals surface area contributed by atoms with Crippen LogP contribution in [0.5, 0.6) is 0 Å². The molecule has 0 aromatic rings. The molecule has 2 aliphatic heterocycles. The zero-order chi connectivity index (χ0) is 30.4. The fourth-order valence-electron chi connectivity index (χ4n) is 9.24. The third kappa shape index (κ3) is 9.63. The minimum absolute atomic E-state index is 0.0593. The first-order valence-electron chi connectivity index (χ1n) is 18.2. The summed E-state index contributed by atoms with van der Waals surface area (Å²) in [6, 6.07) is 1.14. The van der Waals surface area contributed by atoms with Crippen molar-refractivity contribution in [1.82, 2.24) is 20.8 Å². The van der Waals surface area contributed by atoms with E-state index in [1.807, 2.05) is 0 Å². The molecule has 0 amide bonds. The van der Waals surface area contributed by atoms with Gasteiger partial charge in [0.1, 0.15) is 0 Å². The van der Waals surface area contributed by atoms with Crippen molar-refractivity contribution < 1.29 is 9.68 Å². The van der Waals surface area contributed by atoms with Crippen LogP contribution in [0.2, 0.25) is 0 Å². The van der Waals surface area contributed by atoms with Crippen molar-refractivity contribution in [2.45, 2.75) is 217 Å². The number of hydrogen-bond donors (Lipinski definition) is 2. The summed E-state index contributed by atoms with van der Waals surface area (Å²) in [5.74, 6) is 0. The highest BCUT2D eigenvalue weighted by Gasteiger charge is 2.48. The highest BCUT2D eigenvalue weighted by molar-refractivity contribution is 5.00. The summed E-state index contributed by atoms with van der Waals surface area (Å²) in [7, 11) is 0. The SMILES string of the molecule is CC1(C)CC(NCCCCCCNC2CC(C)(C)N(OC3CCCCC3)C(C)(C)C2)CC(C)(C)N1OC1CCCCC1. The maximum absolute atomic E-state index is 6.69. The lowest BCUT2D eigenvalue weighted by molar-refractivity contribution is -0.310. The molecule has 6 nitrogen and oxygen atoms in total. The van der Waals surface area contributed by atoms with Crippen molar-refractivity contribution in [3.8, 4) is 0 Å². The van der Waals surface area contributed by atoms with Gasteiger partial charge in [0.05, 0.1) is 12.2 Å². The predicted octanol–water partition coefficient (Wildman–Crippen LogP) is 8.30. The van der Waals surface area contributed by atoms with E-state index in [1.54, 1.807) is 0 Å². The van der Waals surface area contributed by atoms with E-state index in [4.69, 9.17) is 9.68 Å². The Hall–Kier alpha value is -0.240. The number of hydroxylamine groups is 4. The number of unbranched alkanes of at least 4 members (excludes halogenated alkanes) is 3. The standard InChI is InChI=1S/C36H70N4O2/c1-33(2)25-29(26-34(3,4)39(33)41-31-19-13-11-14-20-31)37-23-17-9-10-18-24-38-30-27-35(5,6)40(36(7,8)28-30)42-32-21-15-12-16-22-32/h29-32,37-38H,9-28H2,1-8H3. The van der Waals surface area contributed by atoms with Gasteiger partial charge in [-0.15, -0.1) is 0 Å². The van der Waals surface area contributed by atoms with Crippen LogP contribution in [-0.2, 0) is 9.68 Å². The Morgan fingerprint density at radius 2 is 0.786 bits per heavy atom. The van der Waals surface area contributed by atoms with E-state index < -0.39 is 0 Å². The topological polar surface area (TPSA) is 49.0 Å². The fraction of sp³-hybridized carbons (Fsp3) is 1.00. The Morgan fingerprint density at radius 1 is 0.476 bits per heavy atom. The molecule has 0 atom stereocenters. The van der Waals surface area contributed by atoms with Gasteiger partial charge in [-0.05, 0) is 133 Å². The summed E-state index contributed by atoms with van der Waals surface area (Å²) >= 11 is 0. The predicted molar refractivity (Wildman–Crippen MR) is 176 cm³/mol. The molecule has 0 bridgehead atoms. The second kappa shape index (κ2) is 14.9. The number of piperidine rings is 2. The van der Waals surface area contributed by atoms with E-state index in [0.29, 0.717) is 24.3 Å². The summed E-state index contributed by atoms with van der Waals surface area (Å²) < 4.78 is 0. The van der Waals surface area contributed by atoms with Crippen LogP contribution in [0.4, 0.5) is 0 Å². The van der Waals surface area contributed by atoms with Crippen molar-refractivity contribution in [2.24, 2.45) is 0 Å². The van der Waals surface area contributed by atoms with Crippen LogP contribution in [0, 0.1) is 0 Å². The number of rotatable bonds is 13. The normalized spacial score (nSPS) is 28.3. The van der Waals surface area contributed by atoms with Gasteiger partial charge in [-0.1, -0.05) is 51.4 Å². The van der Waals surface area contributed by atoms with Gasteiger partial charge < -0.3 is 10.6 Å². The Labute approximate surface area is 260 Å². The first-order chi connectivity index (χ1) is 19.8. The van der Waals surface area contributed by atoms with Crippen LogP contribution < -0.4 is 10.6 Å². The van der Waals surface area contributed by atoms with Gasteiger partial charge >= 0.3 is 0 Å². The molecular weight excluding hydrogens is 520 g/mol. The third-order valence-electron chi connectivity index (χ3n) is 10.8. The maximum Gasteiger partial charge on any atom is 0.0793 e. The number of hydrogen-bond acceptors (Lipinski definition) is 6. The fourth-order valence-corrected chi connectivity index (χ4v) is 9.24. The van der Waals surface area contributed by atoms with Gasteiger partial charge in [-0.2, -0.15) is 10.1 Å². The molecular formula is C36H70N4O2. The van der Waals surface area contributed by atoms with Crippen LogP contribution in [0.1, 0.15) is 171 Å². The summed E-state index contributed by atoms with van der Waals surface area (Å²) in [5, 5.41) is 12.6. The van der Waals surface area contributed by atoms with Crippen LogP contribution in [0.3, 0.4) is 0 Å². The molecule has 2 aliphatic carbocycles. The van der Waals surface area contributed by atoms with E-state index in [2.05, 4.69) is 76.1 Å². The van der Waals surface area contributed by atoms with Gasteiger partial charge in [0, 0.05) is 34.2 Å². The number of nitrogens with zero attached hydrogens (tertiary/aromatic N) is 2. The van der Waals surface area contributed by atoms with Crippen molar-refractivity contribution in [1.29, 1.82) is 0 Å². The van der Waals surface area contributed by atoms with Gasteiger partial charge in [0.15, 0.2) is 0 Å². The average Bonchev–Trinajstić information content (AvgIpc) is 2.90. The summed E-state index contributed by atoms with van der Waals surface area (Å²) in [4.78, 5) is 13.4. The Kier molecular flexibility index (Phi) is 12.3. The lowest BCUT2D eigenvalue weighted by Crippen LogP contribution is -2.64. The van der Waals surface area contributed by atoms with E-state index in [0.717, 1.165) is 38.8 Å². The zero-order valence-electron chi connectivity index (χ0n) is 29.2. The second-order valence-electron chi connectivity index (χ2n) is 17.1. The molecule has 4 rings (SSSR count). The molecule has 2 saturated carbocycles. The largest absolute Gasteiger partial charge is 0.314 e. The van der Waals surface area contributed by atoms with Crippen LogP contribution in [0.25, 0.3) is 0 Å². The van der Waals surface area contributed by atoms with Crippen molar-refractivity contribution in [3.05, 3.63) is 0 Å².